The van der Waals surface area contributed by atoms with Gasteiger partial charge in [0.05, 0.1) is 6.04 Å². The molecule has 7 nitrogen and oxygen atoms in total. The summed E-state index contributed by atoms with van der Waals surface area (Å²) in [5.41, 5.74) is 13.0. The van der Waals surface area contributed by atoms with Gasteiger partial charge in [-0.2, -0.15) is 0 Å². The smallest absolute Gasteiger partial charge is 0.240 e. The van der Waals surface area contributed by atoms with E-state index in [0.717, 1.165) is 37.8 Å². The van der Waals surface area contributed by atoms with Crippen LogP contribution < -0.4 is 11.5 Å². The van der Waals surface area contributed by atoms with Gasteiger partial charge in [-0.05, 0) is 55.7 Å². The van der Waals surface area contributed by atoms with Crippen LogP contribution in [0.5, 0.6) is 0 Å². The molecule has 0 radical (unpaired) electrons. The number of nitrogen functional groups attached to an aromatic ring is 1. The molecule has 0 bridgehead atoms. The fourth-order valence-corrected chi connectivity index (χ4v) is 5.84. The Kier molecular flexibility index (Phi) is 6.09. The number of benzene rings is 1. The molecular weight excluding hydrogens is 378 g/mol. The average Bonchev–Trinajstić information content (AvgIpc) is 3.24. The predicted octanol–water partition coefficient (Wildman–Crippen LogP) is 1.83. The number of hydrogen-bond donors (Lipinski definition) is 3. The molecule has 1 aliphatic carbocycles. The first-order valence-electron chi connectivity index (χ1n) is 11.2. The Hall–Kier alpha value is -2.41. The molecule has 1 aromatic rings. The van der Waals surface area contributed by atoms with Gasteiger partial charge in [0.25, 0.3) is 0 Å². The highest BCUT2D eigenvalue weighted by atomic mass is 16.2. The van der Waals surface area contributed by atoms with E-state index in [4.69, 9.17) is 16.9 Å². The Labute approximate surface area is 178 Å². The molecule has 0 unspecified atom stereocenters. The van der Waals surface area contributed by atoms with Crippen LogP contribution in [0.25, 0.3) is 0 Å². The maximum atomic E-state index is 13.8. The first-order chi connectivity index (χ1) is 14.5. The molecule has 1 saturated carbocycles. The minimum absolute atomic E-state index is 0.0526. The molecule has 5 N–H and O–H groups in total. The Bertz CT molecular complexity index is 826. The third kappa shape index (κ3) is 4.08. The van der Waals surface area contributed by atoms with E-state index in [-0.39, 0.29) is 17.8 Å². The maximum Gasteiger partial charge on any atom is 0.240 e. The highest BCUT2D eigenvalue weighted by molar-refractivity contribution is 5.95. The van der Waals surface area contributed by atoms with Crippen LogP contribution >= 0.6 is 0 Å². The largest absolute Gasteiger partial charge is 0.384 e. The minimum Gasteiger partial charge on any atom is -0.384 e. The first-order valence-corrected chi connectivity index (χ1v) is 11.2. The molecular formula is C23H33N5O2. The van der Waals surface area contributed by atoms with E-state index in [2.05, 4.69) is 4.90 Å². The summed E-state index contributed by atoms with van der Waals surface area (Å²) in [4.78, 5) is 29.8. The van der Waals surface area contributed by atoms with E-state index in [1.807, 2.05) is 24.3 Å². The number of amidine groups is 1. The van der Waals surface area contributed by atoms with Crippen molar-refractivity contribution in [3.63, 3.8) is 0 Å². The number of carbonyl (C=O) groups excluding carboxylic acids is 2. The molecule has 162 valence electrons. The lowest BCUT2D eigenvalue weighted by molar-refractivity contribution is -0.147. The number of likely N-dealkylation sites (tertiary alicyclic amines) is 2. The maximum absolute atomic E-state index is 13.8. The zero-order valence-electron chi connectivity index (χ0n) is 17.6. The molecule has 3 fully saturated rings. The minimum atomic E-state index is -0.468. The fourth-order valence-electron chi connectivity index (χ4n) is 5.84. The van der Waals surface area contributed by atoms with Crippen LogP contribution in [-0.4, -0.2) is 52.6 Å². The summed E-state index contributed by atoms with van der Waals surface area (Å²) in [6, 6.07) is 7.06. The van der Waals surface area contributed by atoms with E-state index in [9.17, 15) is 9.59 Å². The third-order valence-corrected chi connectivity index (χ3v) is 7.29. The second-order valence-corrected chi connectivity index (χ2v) is 9.12. The number of nitrogens with one attached hydrogen (secondary N) is 1. The van der Waals surface area contributed by atoms with Crippen molar-refractivity contribution >= 4 is 17.6 Å². The van der Waals surface area contributed by atoms with Crippen molar-refractivity contribution in [3.05, 3.63) is 35.4 Å². The zero-order valence-corrected chi connectivity index (χ0v) is 17.6. The summed E-state index contributed by atoms with van der Waals surface area (Å²) in [5.74, 6) is 0.664. The summed E-state index contributed by atoms with van der Waals surface area (Å²) >= 11 is 0. The number of nitrogens with two attached hydrogens (primary N) is 2. The van der Waals surface area contributed by atoms with Crippen LogP contribution in [0.4, 0.5) is 0 Å². The molecule has 2 heterocycles. The second kappa shape index (κ2) is 8.76. The molecule has 0 aromatic heterocycles. The number of amides is 2. The quantitative estimate of drug-likeness (QED) is 0.506. The summed E-state index contributed by atoms with van der Waals surface area (Å²) < 4.78 is 0. The van der Waals surface area contributed by atoms with E-state index in [0.29, 0.717) is 36.9 Å². The number of carbonyl (C=O) groups is 2. The molecule has 2 amide bonds. The molecule has 1 aromatic carbocycles. The third-order valence-electron chi connectivity index (χ3n) is 7.29. The molecule has 0 spiro atoms. The van der Waals surface area contributed by atoms with Gasteiger partial charge in [-0.1, -0.05) is 37.5 Å². The second-order valence-electron chi connectivity index (χ2n) is 9.12. The predicted molar refractivity (Wildman–Crippen MR) is 116 cm³/mol. The van der Waals surface area contributed by atoms with Crippen LogP contribution in [0.1, 0.15) is 56.1 Å². The van der Waals surface area contributed by atoms with Crippen LogP contribution in [0.15, 0.2) is 24.3 Å². The van der Waals surface area contributed by atoms with Gasteiger partial charge in [-0.3, -0.25) is 19.9 Å². The lowest BCUT2D eigenvalue weighted by Crippen LogP contribution is -2.59. The van der Waals surface area contributed by atoms with E-state index in [1.54, 1.807) is 4.90 Å². The Morgan fingerprint density at radius 1 is 1.03 bits per heavy atom. The highest BCUT2D eigenvalue weighted by Crippen LogP contribution is 2.41. The van der Waals surface area contributed by atoms with Crippen LogP contribution in [0.3, 0.4) is 0 Å². The normalized spacial score (nSPS) is 29.4. The van der Waals surface area contributed by atoms with Gasteiger partial charge in [-0.15, -0.1) is 0 Å². The number of fused-ring (bicyclic) bond motifs is 1. The molecule has 30 heavy (non-hydrogen) atoms. The highest BCUT2D eigenvalue weighted by Gasteiger charge is 2.46. The average molecular weight is 412 g/mol. The van der Waals surface area contributed by atoms with Crippen LogP contribution in [0.2, 0.25) is 0 Å². The van der Waals surface area contributed by atoms with Crippen molar-refractivity contribution in [2.45, 2.75) is 63.6 Å². The Morgan fingerprint density at radius 3 is 2.60 bits per heavy atom. The first kappa shape index (κ1) is 20.8. The van der Waals surface area contributed by atoms with Crippen molar-refractivity contribution < 1.29 is 9.59 Å². The van der Waals surface area contributed by atoms with E-state index in [1.165, 1.54) is 12.8 Å². The number of piperidine rings is 1. The SMILES string of the molecule is N=C(N)c1cccc(CN2CC[C@@H]3CCCC[C@@H]3[C@@H]2C(=O)N2CCC[C@H]2C(N)=O)c1. The van der Waals surface area contributed by atoms with Crippen molar-refractivity contribution in [2.75, 3.05) is 13.1 Å². The van der Waals surface area contributed by atoms with Gasteiger partial charge in [0.2, 0.25) is 11.8 Å². The fraction of sp³-hybridized carbons (Fsp3) is 0.609. The van der Waals surface area contributed by atoms with Gasteiger partial charge in [0.1, 0.15) is 11.9 Å². The Balaban J connectivity index is 1.61. The monoisotopic (exact) mass is 411 g/mol. The van der Waals surface area contributed by atoms with Crippen molar-refractivity contribution in [2.24, 2.45) is 23.3 Å². The lowest BCUT2D eigenvalue weighted by atomic mass is 9.70. The van der Waals surface area contributed by atoms with Crippen molar-refractivity contribution in [3.8, 4) is 0 Å². The van der Waals surface area contributed by atoms with Gasteiger partial charge in [0.15, 0.2) is 0 Å². The van der Waals surface area contributed by atoms with Gasteiger partial charge < -0.3 is 16.4 Å². The zero-order chi connectivity index (χ0) is 21.3. The number of rotatable bonds is 5. The molecule has 4 rings (SSSR count). The van der Waals surface area contributed by atoms with Crippen molar-refractivity contribution in [1.29, 1.82) is 5.41 Å². The van der Waals surface area contributed by atoms with Gasteiger partial charge in [0, 0.05) is 18.7 Å². The van der Waals surface area contributed by atoms with Gasteiger partial charge >= 0.3 is 0 Å². The van der Waals surface area contributed by atoms with Crippen molar-refractivity contribution in [1.82, 2.24) is 9.80 Å². The molecule has 2 saturated heterocycles. The number of hydrogen-bond acceptors (Lipinski definition) is 4. The standard InChI is InChI=1S/C23H33N5O2/c24-21(25)17-7-3-5-15(13-17)14-27-12-10-16-6-1-2-8-18(16)20(27)23(30)28-11-4-9-19(28)22(26)29/h3,5,7,13,16,18-20H,1-2,4,6,8-12,14H2,(H3,24,25)(H2,26,29)/t16-,18-,19-,20+/m0/s1. The molecule has 7 heteroatoms. The lowest BCUT2D eigenvalue weighted by Gasteiger charge is -2.48. The van der Waals surface area contributed by atoms with E-state index < -0.39 is 11.9 Å². The number of nitrogens with zero attached hydrogens (tertiary/aromatic N) is 2. The van der Waals surface area contributed by atoms with Crippen LogP contribution in [-0.2, 0) is 16.1 Å². The summed E-state index contributed by atoms with van der Waals surface area (Å²) in [6.45, 7) is 2.14. The van der Waals surface area contributed by atoms with E-state index >= 15 is 0 Å². The molecule has 2 aliphatic heterocycles. The summed E-state index contributed by atoms with van der Waals surface area (Å²) in [7, 11) is 0. The Morgan fingerprint density at radius 2 is 1.83 bits per heavy atom. The topological polar surface area (TPSA) is 117 Å². The summed E-state index contributed by atoms with van der Waals surface area (Å²) in [5, 5.41) is 7.72. The number of primary amides is 1. The van der Waals surface area contributed by atoms with Crippen LogP contribution in [0, 0.1) is 17.2 Å². The van der Waals surface area contributed by atoms with Gasteiger partial charge in [-0.25, -0.2) is 0 Å². The molecule has 4 atom stereocenters. The molecule has 3 aliphatic rings. The summed E-state index contributed by atoms with van der Waals surface area (Å²) in [6.07, 6.45) is 7.29.